The normalized spacial score (nSPS) is 18.0. The molecule has 0 unspecified atom stereocenters. The third-order valence-electron chi connectivity index (χ3n) is 5.42. The lowest BCUT2D eigenvalue weighted by molar-refractivity contribution is 0.388. The van der Waals surface area contributed by atoms with Crippen LogP contribution in [0.1, 0.15) is 59.8 Å². The van der Waals surface area contributed by atoms with E-state index in [1.165, 1.54) is 37.9 Å². The van der Waals surface area contributed by atoms with Gasteiger partial charge >= 0.3 is 0 Å². The zero-order chi connectivity index (χ0) is 16.2. The van der Waals surface area contributed by atoms with Crippen LogP contribution in [0.15, 0.2) is 29.2 Å². The lowest BCUT2D eigenvalue weighted by Gasteiger charge is -2.50. The van der Waals surface area contributed by atoms with Crippen LogP contribution in [0, 0.1) is 5.92 Å². The highest BCUT2D eigenvalue weighted by Gasteiger charge is 2.35. The second-order valence-electron chi connectivity index (χ2n) is 7.29. The highest BCUT2D eigenvalue weighted by Crippen LogP contribution is 2.64. The van der Waals surface area contributed by atoms with Crippen molar-refractivity contribution < 1.29 is 4.74 Å². The quantitative estimate of drug-likeness (QED) is 0.601. The Labute approximate surface area is 139 Å². The van der Waals surface area contributed by atoms with E-state index in [0.717, 1.165) is 22.2 Å². The van der Waals surface area contributed by atoms with Crippen LogP contribution in [-0.4, -0.2) is 23.4 Å². The molecule has 0 atom stereocenters. The first-order chi connectivity index (χ1) is 10.5. The molecule has 2 rings (SSSR count). The number of benzene rings is 1. The number of rotatable bonds is 6. The summed E-state index contributed by atoms with van der Waals surface area (Å²) in [4.78, 5) is 1.59. The molecular weight excluding hydrogens is 288 g/mol. The van der Waals surface area contributed by atoms with Gasteiger partial charge in [0.05, 0.1) is 7.11 Å². The largest absolute Gasteiger partial charge is 0.497 e. The molecule has 1 fully saturated rings. The Balaban J connectivity index is 2.34. The fraction of sp³-hybridized carbons (Fsp3) is 0.700. The van der Waals surface area contributed by atoms with Crippen LogP contribution in [0.3, 0.4) is 0 Å². The lowest BCUT2D eigenvalue weighted by Crippen LogP contribution is -2.29. The Hall–Kier alpha value is -0.630. The summed E-state index contributed by atoms with van der Waals surface area (Å²) < 4.78 is 5.36. The molecule has 2 heteroatoms. The third kappa shape index (κ3) is 3.64. The predicted molar refractivity (Wildman–Crippen MR) is 101 cm³/mol. The standard InChI is InChI=1S/C20H34OS/c1-16(2)22(17(3)4,15-18-9-7-6-8-10-18)20-13-11-19(21-5)12-14-20/h11-14,16-18H,6-10,15H2,1-5H3. The maximum atomic E-state index is 5.36. The molecule has 1 saturated carbocycles. The van der Waals surface area contributed by atoms with Crippen LogP contribution in [0.5, 0.6) is 5.75 Å². The van der Waals surface area contributed by atoms with Crippen molar-refractivity contribution in [2.75, 3.05) is 12.9 Å². The molecule has 0 radical (unpaired) electrons. The van der Waals surface area contributed by atoms with Gasteiger partial charge in [0.15, 0.2) is 0 Å². The molecule has 0 bridgehead atoms. The molecule has 22 heavy (non-hydrogen) atoms. The lowest BCUT2D eigenvalue weighted by atomic mass is 9.91. The zero-order valence-electron chi connectivity index (χ0n) is 15.1. The molecule has 126 valence electrons. The first kappa shape index (κ1) is 17.7. The van der Waals surface area contributed by atoms with E-state index >= 15 is 0 Å². The van der Waals surface area contributed by atoms with Gasteiger partial charge in [0.25, 0.3) is 0 Å². The minimum atomic E-state index is -0.789. The zero-order valence-corrected chi connectivity index (χ0v) is 15.9. The number of hydrogen-bond donors (Lipinski definition) is 0. The highest BCUT2D eigenvalue weighted by molar-refractivity contribution is 8.34. The van der Waals surface area contributed by atoms with Crippen molar-refractivity contribution in [2.45, 2.75) is 75.2 Å². The average molecular weight is 323 g/mol. The fourth-order valence-corrected chi connectivity index (χ4v) is 9.04. The molecule has 1 nitrogen and oxygen atoms in total. The van der Waals surface area contributed by atoms with Gasteiger partial charge in [-0.3, -0.25) is 0 Å². The molecule has 0 N–H and O–H groups in total. The van der Waals surface area contributed by atoms with E-state index in [2.05, 4.69) is 52.0 Å². The fourth-order valence-electron chi connectivity index (χ4n) is 4.14. The summed E-state index contributed by atoms with van der Waals surface area (Å²) in [7, 11) is 0.963. The van der Waals surface area contributed by atoms with E-state index in [1.54, 1.807) is 12.0 Å². The molecule has 1 aromatic carbocycles. The smallest absolute Gasteiger partial charge is 0.118 e. The van der Waals surface area contributed by atoms with Gasteiger partial charge in [-0.25, -0.2) is 10.0 Å². The van der Waals surface area contributed by atoms with Crippen LogP contribution < -0.4 is 4.74 Å². The number of hydrogen-bond acceptors (Lipinski definition) is 1. The second-order valence-corrected chi connectivity index (χ2v) is 11.7. The van der Waals surface area contributed by atoms with Gasteiger partial charge in [-0.15, -0.1) is 0 Å². The van der Waals surface area contributed by atoms with E-state index in [4.69, 9.17) is 4.74 Å². The van der Waals surface area contributed by atoms with Crippen molar-refractivity contribution in [3.8, 4) is 5.75 Å². The average Bonchev–Trinajstić information content (AvgIpc) is 2.53. The highest BCUT2D eigenvalue weighted by atomic mass is 32.3. The summed E-state index contributed by atoms with van der Waals surface area (Å²) in [6.07, 6.45) is 7.23. The minimum Gasteiger partial charge on any atom is -0.497 e. The van der Waals surface area contributed by atoms with Gasteiger partial charge in [-0.05, 0) is 64.2 Å². The van der Waals surface area contributed by atoms with Crippen LogP contribution in [0.4, 0.5) is 0 Å². The van der Waals surface area contributed by atoms with E-state index < -0.39 is 10.0 Å². The number of methoxy groups -OCH3 is 1. The summed E-state index contributed by atoms with van der Waals surface area (Å²) in [5.41, 5.74) is 0. The van der Waals surface area contributed by atoms with Gasteiger partial charge in [-0.1, -0.05) is 47.0 Å². The van der Waals surface area contributed by atoms with Crippen LogP contribution in [0.2, 0.25) is 0 Å². The van der Waals surface area contributed by atoms with Gasteiger partial charge in [0, 0.05) is 0 Å². The summed E-state index contributed by atoms with van der Waals surface area (Å²) in [6, 6.07) is 9.00. The summed E-state index contributed by atoms with van der Waals surface area (Å²) in [6.45, 7) is 9.79. The van der Waals surface area contributed by atoms with Crippen LogP contribution in [0.25, 0.3) is 0 Å². The van der Waals surface area contributed by atoms with E-state index in [1.807, 2.05) is 0 Å². The van der Waals surface area contributed by atoms with Crippen LogP contribution in [-0.2, 0) is 0 Å². The van der Waals surface area contributed by atoms with E-state index in [-0.39, 0.29) is 0 Å². The number of ether oxygens (including phenoxy) is 1. The maximum Gasteiger partial charge on any atom is 0.118 e. The molecule has 0 aromatic heterocycles. The Morgan fingerprint density at radius 3 is 1.95 bits per heavy atom. The van der Waals surface area contributed by atoms with Gasteiger partial charge < -0.3 is 4.74 Å². The second kappa shape index (κ2) is 7.77. The molecular formula is C20H34OS. The topological polar surface area (TPSA) is 9.23 Å². The van der Waals surface area contributed by atoms with Crippen molar-refractivity contribution in [1.82, 2.24) is 0 Å². The molecule has 0 amide bonds. The summed E-state index contributed by atoms with van der Waals surface area (Å²) >= 11 is 0. The first-order valence-corrected chi connectivity index (χ1v) is 10.9. The van der Waals surface area contributed by atoms with Crippen molar-refractivity contribution in [3.05, 3.63) is 24.3 Å². The monoisotopic (exact) mass is 322 g/mol. The Morgan fingerprint density at radius 2 is 1.50 bits per heavy atom. The summed E-state index contributed by atoms with van der Waals surface area (Å²) in [5.74, 6) is 3.34. The Kier molecular flexibility index (Phi) is 6.26. The molecule has 0 heterocycles. The molecule has 0 saturated heterocycles. The van der Waals surface area contributed by atoms with Crippen molar-refractivity contribution >= 4 is 10.0 Å². The van der Waals surface area contributed by atoms with Gasteiger partial charge in [0.2, 0.25) is 0 Å². The van der Waals surface area contributed by atoms with Gasteiger partial charge in [-0.2, -0.15) is 0 Å². The minimum absolute atomic E-state index is 0.739. The van der Waals surface area contributed by atoms with Gasteiger partial charge in [0.1, 0.15) is 5.75 Å². The SMILES string of the molecule is COc1ccc(S(CC2CCCCC2)(C(C)C)C(C)C)cc1. The van der Waals surface area contributed by atoms with E-state index in [9.17, 15) is 0 Å². The maximum absolute atomic E-state index is 5.36. The van der Waals surface area contributed by atoms with Crippen molar-refractivity contribution in [1.29, 1.82) is 0 Å². The Morgan fingerprint density at radius 1 is 0.955 bits per heavy atom. The Bertz CT molecular complexity index is 435. The summed E-state index contributed by atoms with van der Waals surface area (Å²) in [5, 5.41) is 1.48. The van der Waals surface area contributed by atoms with Crippen molar-refractivity contribution in [3.63, 3.8) is 0 Å². The third-order valence-corrected chi connectivity index (χ3v) is 11.0. The first-order valence-electron chi connectivity index (χ1n) is 8.93. The van der Waals surface area contributed by atoms with Crippen LogP contribution >= 0.6 is 10.0 Å². The molecule has 0 aliphatic heterocycles. The molecule has 1 aromatic rings. The van der Waals surface area contributed by atoms with E-state index in [0.29, 0.717) is 0 Å². The predicted octanol–water partition coefficient (Wildman–Crippen LogP) is 6.26. The molecule has 1 aliphatic carbocycles. The van der Waals surface area contributed by atoms with Crippen molar-refractivity contribution in [2.24, 2.45) is 5.92 Å². The molecule has 1 aliphatic rings. The molecule has 0 spiro atoms.